The Morgan fingerprint density at radius 2 is 2.12 bits per heavy atom. The molecule has 0 aliphatic rings. The van der Waals surface area contributed by atoms with E-state index in [1.54, 1.807) is 0 Å². The van der Waals surface area contributed by atoms with Crippen LogP contribution in [0.4, 0.5) is 5.69 Å². The molecule has 0 radical (unpaired) electrons. The molecule has 6 nitrogen and oxygen atoms in total. The summed E-state index contributed by atoms with van der Waals surface area (Å²) in [5.74, 6) is -0.375. The van der Waals surface area contributed by atoms with Gasteiger partial charge in [0.15, 0.2) is 11.3 Å². The highest BCUT2D eigenvalue weighted by Crippen LogP contribution is 2.38. The van der Waals surface area contributed by atoms with Gasteiger partial charge in [-0.2, -0.15) is 0 Å². The topological polar surface area (TPSA) is 99.2 Å². The minimum atomic E-state index is -0.848. The van der Waals surface area contributed by atoms with Crippen LogP contribution in [0.2, 0.25) is 10.0 Å². The minimum Gasteiger partial charge on any atom is -0.505 e. The Kier molecular flexibility index (Phi) is 2.85. The number of nitrogens with zero attached hydrogens (tertiary/aromatic N) is 3. The highest BCUT2D eigenvalue weighted by molar-refractivity contribution is 6.40. The van der Waals surface area contributed by atoms with Gasteiger partial charge in [0.05, 0.1) is 5.02 Å². The smallest absolute Gasteiger partial charge is 0.345 e. The van der Waals surface area contributed by atoms with Gasteiger partial charge in [-0.05, 0) is 17.7 Å². The Labute approximate surface area is 104 Å². The largest absolute Gasteiger partial charge is 0.505 e. The maximum atomic E-state index is 11.4. The molecule has 0 aliphatic heterocycles. The lowest BCUT2D eigenvalue weighted by atomic mass is 10.2. The van der Waals surface area contributed by atoms with E-state index in [0.717, 1.165) is 0 Å². The maximum Gasteiger partial charge on any atom is 0.345 e. The zero-order valence-electron chi connectivity index (χ0n) is 8.02. The molecule has 2 aromatic rings. The van der Waals surface area contributed by atoms with Crippen molar-refractivity contribution in [2.24, 2.45) is 5.11 Å². The fourth-order valence-electron chi connectivity index (χ4n) is 1.29. The van der Waals surface area contributed by atoms with Crippen molar-refractivity contribution in [3.05, 3.63) is 43.0 Å². The first-order valence-corrected chi connectivity index (χ1v) is 5.00. The highest BCUT2D eigenvalue weighted by atomic mass is 35.5. The number of hydrogen-bond acceptors (Lipinski definition) is 4. The number of aromatic hydroxyl groups is 1. The average Bonchev–Trinajstić information content (AvgIpc) is 2.29. The van der Waals surface area contributed by atoms with Crippen LogP contribution in [0.3, 0.4) is 0 Å². The fraction of sp³-hybridized carbons (Fsp3) is 0. The molecule has 0 unspecified atom stereocenters. The van der Waals surface area contributed by atoms with Crippen LogP contribution < -0.4 is 5.63 Å². The van der Waals surface area contributed by atoms with E-state index in [0.29, 0.717) is 5.39 Å². The fourth-order valence-corrected chi connectivity index (χ4v) is 1.80. The first kappa shape index (κ1) is 11.6. The van der Waals surface area contributed by atoms with Crippen molar-refractivity contribution in [1.29, 1.82) is 0 Å². The van der Waals surface area contributed by atoms with Crippen LogP contribution in [0.5, 0.6) is 5.75 Å². The van der Waals surface area contributed by atoms with Crippen molar-refractivity contribution in [1.82, 2.24) is 0 Å². The Morgan fingerprint density at radius 1 is 1.41 bits per heavy atom. The second kappa shape index (κ2) is 4.18. The lowest BCUT2D eigenvalue weighted by Gasteiger charge is -2.04. The number of phenols is 1. The number of benzene rings is 1. The predicted molar refractivity (Wildman–Crippen MR) is 63.0 cm³/mol. The van der Waals surface area contributed by atoms with Crippen molar-refractivity contribution in [2.75, 3.05) is 0 Å². The highest BCUT2D eigenvalue weighted by Gasteiger charge is 2.13. The molecular formula is C9H3Cl2N3O3. The van der Waals surface area contributed by atoms with Crippen LogP contribution in [0.25, 0.3) is 21.4 Å². The van der Waals surface area contributed by atoms with Gasteiger partial charge in [0.1, 0.15) is 10.7 Å². The van der Waals surface area contributed by atoms with Crippen LogP contribution in [-0.2, 0) is 0 Å². The molecule has 86 valence electrons. The zero-order chi connectivity index (χ0) is 12.6. The van der Waals surface area contributed by atoms with Crippen molar-refractivity contribution in [3.8, 4) is 5.75 Å². The molecule has 2 rings (SSSR count). The Bertz CT molecular complexity index is 719. The molecule has 0 fully saturated rings. The van der Waals surface area contributed by atoms with Crippen molar-refractivity contribution < 1.29 is 9.52 Å². The lowest BCUT2D eigenvalue weighted by molar-refractivity contribution is 0.473. The number of fused-ring (bicyclic) bond motifs is 1. The number of rotatable bonds is 1. The van der Waals surface area contributed by atoms with Gasteiger partial charge in [0.25, 0.3) is 0 Å². The van der Waals surface area contributed by atoms with E-state index >= 15 is 0 Å². The van der Waals surface area contributed by atoms with Gasteiger partial charge >= 0.3 is 5.63 Å². The summed E-state index contributed by atoms with van der Waals surface area (Å²) in [6.45, 7) is 0. The molecule has 1 N–H and O–H groups in total. The summed E-state index contributed by atoms with van der Waals surface area (Å²) >= 11 is 11.5. The summed E-state index contributed by atoms with van der Waals surface area (Å²) in [5.41, 5.74) is 7.18. The van der Waals surface area contributed by atoms with Crippen LogP contribution in [0.1, 0.15) is 0 Å². The SMILES string of the molecule is [N-]=[N+]=Nc1cc2cc(Cl)c(O)c(Cl)c2oc1=O. The molecule has 0 aliphatic carbocycles. The van der Waals surface area contributed by atoms with E-state index in [9.17, 15) is 9.90 Å². The van der Waals surface area contributed by atoms with Gasteiger partial charge in [0, 0.05) is 10.3 Å². The third kappa shape index (κ3) is 1.89. The van der Waals surface area contributed by atoms with Gasteiger partial charge in [-0.3, -0.25) is 0 Å². The van der Waals surface area contributed by atoms with E-state index in [1.165, 1.54) is 12.1 Å². The number of phenolic OH excluding ortho intramolecular Hbond substituents is 1. The standard InChI is InChI=1S/C9H3Cl2N3O3/c10-4-1-3-2-5(13-14-12)9(16)17-8(3)6(11)7(4)15/h1-2,15H. The van der Waals surface area contributed by atoms with Crippen LogP contribution >= 0.6 is 23.2 Å². The maximum absolute atomic E-state index is 11.4. The summed E-state index contributed by atoms with van der Waals surface area (Å²) in [5, 5.41) is 12.8. The second-order valence-electron chi connectivity index (χ2n) is 3.05. The summed E-state index contributed by atoms with van der Waals surface area (Å²) in [6, 6.07) is 2.62. The third-order valence-electron chi connectivity index (χ3n) is 2.03. The van der Waals surface area contributed by atoms with Crippen LogP contribution in [-0.4, -0.2) is 5.11 Å². The summed E-state index contributed by atoms with van der Waals surface area (Å²) in [7, 11) is 0. The average molecular weight is 272 g/mol. The van der Waals surface area contributed by atoms with Crippen molar-refractivity contribution in [2.45, 2.75) is 0 Å². The first-order chi connectivity index (χ1) is 8.04. The molecule has 1 aromatic carbocycles. The number of hydrogen-bond donors (Lipinski definition) is 1. The molecule has 0 amide bonds. The van der Waals surface area contributed by atoms with E-state index in [-0.39, 0.29) is 27.1 Å². The molecule has 1 heterocycles. The predicted octanol–water partition coefficient (Wildman–Crippen LogP) is 3.75. The second-order valence-corrected chi connectivity index (χ2v) is 3.83. The van der Waals surface area contributed by atoms with Gasteiger partial charge in [-0.25, -0.2) is 4.79 Å². The van der Waals surface area contributed by atoms with E-state index in [4.69, 9.17) is 33.2 Å². The molecular weight excluding hydrogens is 269 g/mol. The Morgan fingerprint density at radius 3 is 2.76 bits per heavy atom. The summed E-state index contributed by atoms with van der Waals surface area (Å²) in [6.07, 6.45) is 0. The van der Waals surface area contributed by atoms with Crippen molar-refractivity contribution in [3.63, 3.8) is 0 Å². The molecule has 8 heteroatoms. The quantitative estimate of drug-likeness (QED) is 0.370. The van der Waals surface area contributed by atoms with Crippen LogP contribution in [0, 0.1) is 0 Å². The van der Waals surface area contributed by atoms with Gasteiger partial charge in [0.2, 0.25) is 0 Å². The van der Waals surface area contributed by atoms with E-state index in [2.05, 4.69) is 10.0 Å². The molecule has 1 aromatic heterocycles. The monoisotopic (exact) mass is 271 g/mol. The summed E-state index contributed by atoms with van der Waals surface area (Å²) < 4.78 is 4.84. The molecule has 0 bridgehead atoms. The number of azide groups is 1. The van der Waals surface area contributed by atoms with Crippen LogP contribution in [0.15, 0.2) is 26.5 Å². The minimum absolute atomic E-state index is 0.00300. The Hall–Kier alpha value is -1.88. The first-order valence-electron chi connectivity index (χ1n) is 4.24. The van der Waals surface area contributed by atoms with Crippen molar-refractivity contribution >= 4 is 39.9 Å². The molecule has 0 spiro atoms. The third-order valence-corrected chi connectivity index (χ3v) is 2.67. The summed E-state index contributed by atoms with van der Waals surface area (Å²) in [4.78, 5) is 13.9. The van der Waals surface area contributed by atoms with Gasteiger partial charge in [-0.1, -0.05) is 28.3 Å². The van der Waals surface area contributed by atoms with Gasteiger partial charge < -0.3 is 9.52 Å². The Balaban J connectivity index is 2.93. The molecule has 17 heavy (non-hydrogen) atoms. The molecule has 0 saturated carbocycles. The van der Waals surface area contributed by atoms with E-state index in [1.807, 2.05) is 0 Å². The zero-order valence-corrected chi connectivity index (χ0v) is 9.53. The lowest BCUT2D eigenvalue weighted by Crippen LogP contribution is -1.97. The molecule has 0 saturated heterocycles. The van der Waals surface area contributed by atoms with Gasteiger partial charge in [-0.15, -0.1) is 0 Å². The normalized spacial score (nSPS) is 10.2. The molecule has 0 atom stereocenters. The van der Waals surface area contributed by atoms with E-state index < -0.39 is 5.63 Å². The number of halogens is 2.